The maximum absolute atomic E-state index is 12.2. The van der Waals surface area contributed by atoms with Gasteiger partial charge in [0.1, 0.15) is 6.10 Å². The van der Waals surface area contributed by atoms with Crippen LogP contribution in [0.3, 0.4) is 0 Å². The summed E-state index contributed by atoms with van der Waals surface area (Å²) in [6, 6.07) is 0. The normalized spacial score (nSPS) is 13.5. The largest absolute Gasteiger partial charge is 0.462 e. The average molecular weight is 299 g/mol. The van der Waals surface area contributed by atoms with Crippen LogP contribution >= 0.6 is 0 Å². The SMILES string of the molecule is CCCCCCCCCCC(C)(C)C(=O)OC(C)C(C)C. The summed E-state index contributed by atoms with van der Waals surface area (Å²) in [5.74, 6) is 0.347. The van der Waals surface area contributed by atoms with E-state index in [1.807, 2.05) is 20.8 Å². The average Bonchev–Trinajstić information content (AvgIpc) is 2.41. The molecule has 126 valence electrons. The second-order valence-corrected chi connectivity index (χ2v) is 7.46. The topological polar surface area (TPSA) is 26.3 Å². The van der Waals surface area contributed by atoms with E-state index in [0.717, 1.165) is 12.8 Å². The van der Waals surface area contributed by atoms with Crippen molar-refractivity contribution in [3.8, 4) is 0 Å². The third kappa shape index (κ3) is 9.92. The van der Waals surface area contributed by atoms with Gasteiger partial charge in [-0.05, 0) is 33.1 Å². The van der Waals surface area contributed by atoms with Gasteiger partial charge in [-0.25, -0.2) is 0 Å². The first kappa shape index (κ1) is 20.5. The number of esters is 1. The Labute approximate surface area is 133 Å². The molecule has 0 bridgehead atoms. The van der Waals surface area contributed by atoms with Gasteiger partial charge >= 0.3 is 5.97 Å². The van der Waals surface area contributed by atoms with Crippen molar-refractivity contribution in [3.63, 3.8) is 0 Å². The first-order valence-corrected chi connectivity index (χ1v) is 9.02. The second-order valence-electron chi connectivity index (χ2n) is 7.46. The molecule has 0 heterocycles. The van der Waals surface area contributed by atoms with Crippen LogP contribution in [0, 0.1) is 11.3 Å². The molecule has 1 atom stereocenters. The van der Waals surface area contributed by atoms with Crippen LogP contribution in [0.25, 0.3) is 0 Å². The van der Waals surface area contributed by atoms with E-state index in [0.29, 0.717) is 5.92 Å². The Hall–Kier alpha value is -0.530. The highest BCUT2D eigenvalue weighted by atomic mass is 16.5. The van der Waals surface area contributed by atoms with E-state index in [4.69, 9.17) is 4.74 Å². The minimum atomic E-state index is -0.342. The quantitative estimate of drug-likeness (QED) is 0.320. The highest BCUT2D eigenvalue weighted by Crippen LogP contribution is 2.27. The zero-order valence-electron chi connectivity index (χ0n) is 15.3. The fraction of sp³-hybridized carbons (Fsp3) is 0.947. The summed E-state index contributed by atoms with van der Waals surface area (Å²) in [6.45, 7) is 12.4. The summed E-state index contributed by atoms with van der Waals surface area (Å²) in [5, 5.41) is 0. The van der Waals surface area contributed by atoms with Gasteiger partial charge in [0.15, 0.2) is 0 Å². The molecule has 0 aromatic rings. The zero-order valence-corrected chi connectivity index (χ0v) is 15.3. The molecule has 0 N–H and O–H groups in total. The first-order chi connectivity index (χ1) is 9.81. The van der Waals surface area contributed by atoms with Crippen molar-refractivity contribution < 1.29 is 9.53 Å². The molecule has 0 aliphatic carbocycles. The maximum Gasteiger partial charge on any atom is 0.311 e. The van der Waals surface area contributed by atoms with E-state index in [2.05, 4.69) is 20.8 Å². The van der Waals surface area contributed by atoms with Crippen LogP contribution in [-0.4, -0.2) is 12.1 Å². The first-order valence-electron chi connectivity index (χ1n) is 9.02. The fourth-order valence-corrected chi connectivity index (χ4v) is 2.27. The van der Waals surface area contributed by atoms with Crippen molar-refractivity contribution in [2.24, 2.45) is 11.3 Å². The molecule has 0 aromatic carbocycles. The lowest BCUT2D eigenvalue weighted by atomic mass is 9.86. The van der Waals surface area contributed by atoms with Crippen molar-refractivity contribution in [2.45, 2.75) is 105 Å². The highest BCUT2D eigenvalue weighted by Gasteiger charge is 2.30. The lowest BCUT2D eigenvalue weighted by Crippen LogP contribution is -2.31. The summed E-state index contributed by atoms with van der Waals surface area (Å²) in [4.78, 5) is 12.2. The maximum atomic E-state index is 12.2. The zero-order chi connectivity index (χ0) is 16.3. The minimum absolute atomic E-state index is 0.00957. The highest BCUT2D eigenvalue weighted by molar-refractivity contribution is 5.76. The van der Waals surface area contributed by atoms with Crippen LogP contribution in [0.5, 0.6) is 0 Å². The Balaban J connectivity index is 3.79. The molecule has 0 rings (SSSR count). The van der Waals surface area contributed by atoms with Crippen LogP contribution in [-0.2, 0) is 9.53 Å². The van der Waals surface area contributed by atoms with E-state index < -0.39 is 0 Å². The van der Waals surface area contributed by atoms with Crippen LogP contribution in [0.2, 0.25) is 0 Å². The molecule has 0 fully saturated rings. The molecule has 0 radical (unpaired) electrons. The summed E-state index contributed by atoms with van der Waals surface area (Å²) in [5.41, 5.74) is -0.342. The molecule has 1 unspecified atom stereocenters. The number of carbonyl (C=O) groups excluding carboxylic acids is 1. The van der Waals surface area contributed by atoms with Gasteiger partial charge in [0, 0.05) is 0 Å². The Morgan fingerprint density at radius 1 is 0.905 bits per heavy atom. The van der Waals surface area contributed by atoms with Gasteiger partial charge in [-0.2, -0.15) is 0 Å². The van der Waals surface area contributed by atoms with Crippen LogP contribution < -0.4 is 0 Å². The number of carbonyl (C=O) groups is 1. The van der Waals surface area contributed by atoms with Crippen LogP contribution in [0.15, 0.2) is 0 Å². The third-order valence-corrected chi connectivity index (χ3v) is 4.44. The minimum Gasteiger partial charge on any atom is -0.462 e. The molecule has 0 spiro atoms. The molecule has 0 saturated heterocycles. The Bertz CT molecular complexity index is 269. The monoisotopic (exact) mass is 298 g/mol. The van der Waals surface area contributed by atoms with Crippen molar-refractivity contribution in [3.05, 3.63) is 0 Å². The smallest absolute Gasteiger partial charge is 0.311 e. The molecular weight excluding hydrogens is 260 g/mol. The molecule has 0 saturated carbocycles. The molecule has 0 aliphatic rings. The van der Waals surface area contributed by atoms with Crippen molar-refractivity contribution in [1.29, 1.82) is 0 Å². The molecule has 2 heteroatoms. The van der Waals surface area contributed by atoms with Gasteiger partial charge in [0.25, 0.3) is 0 Å². The van der Waals surface area contributed by atoms with Crippen molar-refractivity contribution >= 4 is 5.97 Å². The molecule has 0 aliphatic heterocycles. The lowest BCUT2D eigenvalue weighted by molar-refractivity contribution is -0.161. The molecule has 2 nitrogen and oxygen atoms in total. The Morgan fingerprint density at radius 3 is 1.86 bits per heavy atom. The molecule has 0 aromatic heterocycles. The van der Waals surface area contributed by atoms with E-state index in [1.54, 1.807) is 0 Å². The van der Waals surface area contributed by atoms with Gasteiger partial charge in [-0.15, -0.1) is 0 Å². The van der Waals surface area contributed by atoms with Gasteiger partial charge in [0.2, 0.25) is 0 Å². The number of unbranched alkanes of at least 4 members (excludes halogenated alkanes) is 7. The van der Waals surface area contributed by atoms with Crippen LogP contribution in [0.4, 0.5) is 0 Å². The Morgan fingerprint density at radius 2 is 1.38 bits per heavy atom. The standard InChI is InChI=1S/C19H38O2/c1-7-8-9-10-11-12-13-14-15-19(5,6)18(20)21-17(4)16(2)3/h16-17H,7-15H2,1-6H3. The predicted molar refractivity (Wildman–Crippen MR) is 91.4 cm³/mol. The summed E-state index contributed by atoms with van der Waals surface area (Å²) < 4.78 is 5.56. The molecule has 0 amide bonds. The fourth-order valence-electron chi connectivity index (χ4n) is 2.27. The Kier molecular flexibility index (Phi) is 10.8. The summed E-state index contributed by atoms with van der Waals surface area (Å²) in [6.07, 6.45) is 11.4. The number of hydrogen-bond donors (Lipinski definition) is 0. The molecule has 21 heavy (non-hydrogen) atoms. The number of rotatable bonds is 12. The van der Waals surface area contributed by atoms with Gasteiger partial charge < -0.3 is 4.74 Å². The third-order valence-electron chi connectivity index (χ3n) is 4.44. The summed E-state index contributed by atoms with van der Waals surface area (Å²) in [7, 11) is 0. The van der Waals surface area contributed by atoms with Crippen molar-refractivity contribution in [2.75, 3.05) is 0 Å². The van der Waals surface area contributed by atoms with E-state index in [1.165, 1.54) is 44.9 Å². The number of hydrogen-bond acceptors (Lipinski definition) is 2. The predicted octanol–water partition coefficient (Wildman–Crippen LogP) is 6.13. The van der Waals surface area contributed by atoms with Gasteiger partial charge in [-0.1, -0.05) is 72.1 Å². The summed E-state index contributed by atoms with van der Waals surface area (Å²) >= 11 is 0. The second kappa shape index (κ2) is 11.1. The van der Waals surface area contributed by atoms with E-state index in [9.17, 15) is 4.79 Å². The van der Waals surface area contributed by atoms with Crippen molar-refractivity contribution in [1.82, 2.24) is 0 Å². The van der Waals surface area contributed by atoms with Gasteiger partial charge in [0.05, 0.1) is 5.41 Å². The van der Waals surface area contributed by atoms with Gasteiger partial charge in [-0.3, -0.25) is 4.79 Å². The van der Waals surface area contributed by atoms with Crippen LogP contribution in [0.1, 0.15) is 99.3 Å². The lowest BCUT2D eigenvalue weighted by Gasteiger charge is -2.26. The number of ether oxygens (including phenoxy) is 1. The van der Waals surface area contributed by atoms with E-state index in [-0.39, 0.29) is 17.5 Å². The van der Waals surface area contributed by atoms with E-state index >= 15 is 0 Å². The molecular formula is C19H38O2.